The third kappa shape index (κ3) is 1.81. The molecule has 0 radical (unpaired) electrons. The fraction of sp³-hybridized carbons (Fsp3) is 0. The lowest BCUT2D eigenvalue weighted by atomic mass is 10.6. The standard InChI is InChI=1S/C5H5NO4S2/c6-12(8,9)4-1-2-11-5(4)10-3-7/h1-3H,(H2,6,8,9). The minimum Gasteiger partial charge on any atom is -0.416 e. The average Bonchev–Trinajstić information content (AvgIpc) is 2.34. The molecule has 0 fully saturated rings. The lowest BCUT2D eigenvalue weighted by Crippen LogP contribution is -2.12. The fourth-order valence-electron chi connectivity index (χ4n) is 0.624. The van der Waals surface area contributed by atoms with Crippen LogP contribution in [0.1, 0.15) is 0 Å². The maximum Gasteiger partial charge on any atom is 0.299 e. The van der Waals surface area contributed by atoms with Gasteiger partial charge in [0.2, 0.25) is 15.1 Å². The number of rotatable bonds is 3. The zero-order valence-corrected chi connectivity index (χ0v) is 7.39. The second kappa shape index (κ2) is 3.21. The quantitative estimate of drug-likeness (QED) is 0.703. The first-order valence-corrected chi connectivity index (χ1v) is 5.19. The van der Waals surface area contributed by atoms with Crippen molar-refractivity contribution in [1.82, 2.24) is 0 Å². The van der Waals surface area contributed by atoms with Crippen molar-refractivity contribution in [3.63, 3.8) is 0 Å². The molecule has 12 heavy (non-hydrogen) atoms. The largest absolute Gasteiger partial charge is 0.416 e. The average molecular weight is 207 g/mol. The molecule has 0 aromatic carbocycles. The molecule has 0 aliphatic carbocycles. The highest BCUT2D eigenvalue weighted by Gasteiger charge is 2.16. The number of ether oxygens (including phenoxy) is 1. The number of sulfonamides is 1. The molecule has 7 heteroatoms. The van der Waals surface area contributed by atoms with E-state index in [1.165, 1.54) is 11.4 Å². The van der Waals surface area contributed by atoms with E-state index in [9.17, 15) is 13.2 Å². The van der Waals surface area contributed by atoms with Gasteiger partial charge in [-0.2, -0.15) is 0 Å². The van der Waals surface area contributed by atoms with Gasteiger partial charge in [-0.05, 0) is 11.4 Å². The molecule has 1 heterocycles. The van der Waals surface area contributed by atoms with E-state index in [1.807, 2.05) is 0 Å². The molecule has 1 rings (SSSR count). The van der Waals surface area contributed by atoms with Crippen LogP contribution in [0.3, 0.4) is 0 Å². The molecule has 5 nitrogen and oxygen atoms in total. The first-order chi connectivity index (χ1) is 5.55. The Morgan fingerprint density at radius 3 is 2.75 bits per heavy atom. The molecule has 0 unspecified atom stereocenters. The second-order valence-electron chi connectivity index (χ2n) is 1.83. The van der Waals surface area contributed by atoms with Crippen molar-refractivity contribution in [2.45, 2.75) is 4.90 Å². The molecular weight excluding hydrogens is 202 g/mol. The molecule has 66 valence electrons. The van der Waals surface area contributed by atoms with Crippen LogP contribution >= 0.6 is 11.3 Å². The van der Waals surface area contributed by atoms with Gasteiger partial charge in [0.1, 0.15) is 4.90 Å². The Hall–Kier alpha value is -0.920. The minimum absolute atomic E-state index is 0.00694. The lowest BCUT2D eigenvalue weighted by molar-refractivity contribution is -0.120. The Bertz CT molecular complexity index is 380. The van der Waals surface area contributed by atoms with Gasteiger partial charge in [-0.1, -0.05) is 0 Å². The van der Waals surface area contributed by atoms with Crippen molar-refractivity contribution in [1.29, 1.82) is 0 Å². The molecule has 0 aliphatic rings. The highest BCUT2D eigenvalue weighted by atomic mass is 32.2. The van der Waals surface area contributed by atoms with Crippen molar-refractivity contribution in [3.8, 4) is 5.06 Å². The number of primary sulfonamides is 1. The predicted molar refractivity (Wildman–Crippen MR) is 42.4 cm³/mol. The van der Waals surface area contributed by atoms with Crippen molar-refractivity contribution in [2.24, 2.45) is 5.14 Å². The second-order valence-corrected chi connectivity index (χ2v) is 4.24. The van der Waals surface area contributed by atoms with Gasteiger partial charge in [0, 0.05) is 0 Å². The summed E-state index contributed by atoms with van der Waals surface area (Å²) in [6, 6.07) is 1.28. The van der Waals surface area contributed by atoms with Crippen LogP contribution in [0.5, 0.6) is 5.06 Å². The third-order valence-electron chi connectivity index (χ3n) is 1.06. The van der Waals surface area contributed by atoms with E-state index in [4.69, 9.17) is 5.14 Å². The maximum atomic E-state index is 10.8. The Kier molecular flexibility index (Phi) is 2.46. The molecule has 1 aromatic rings. The van der Waals surface area contributed by atoms with Gasteiger partial charge in [-0.25, -0.2) is 13.6 Å². The molecule has 0 saturated carbocycles. The normalized spacial score (nSPS) is 11.1. The van der Waals surface area contributed by atoms with Crippen molar-refractivity contribution < 1.29 is 17.9 Å². The van der Waals surface area contributed by atoms with Gasteiger partial charge in [-0.15, -0.1) is 11.3 Å². The maximum absolute atomic E-state index is 10.8. The van der Waals surface area contributed by atoms with E-state index in [2.05, 4.69) is 4.74 Å². The predicted octanol–water partition coefficient (Wildman–Crippen LogP) is -0.0693. The van der Waals surface area contributed by atoms with Crippen LogP contribution in [0, 0.1) is 0 Å². The van der Waals surface area contributed by atoms with Crippen molar-refractivity contribution >= 4 is 27.8 Å². The number of hydrogen-bond donors (Lipinski definition) is 1. The Morgan fingerprint density at radius 2 is 2.25 bits per heavy atom. The molecule has 0 atom stereocenters. The molecule has 2 N–H and O–H groups in total. The van der Waals surface area contributed by atoms with E-state index in [1.54, 1.807) is 0 Å². The van der Waals surface area contributed by atoms with Crippen LogP contribution in [0.25, 0.3) is 0 Å². The minimum atomic E-state index is -3.79. The Morgan fingerprint density at radius 1 is 1.58 bits per heavy atom. The van der Waals surface area contributed by atoms with E-state index < -0.39 is 10.0 Å². The van der Waals surface area contributed by atoms with E-state index >= 15 is 0 Å². The van der Waals surface area contributed by atoms with Gasteiger partial charge < -0.3 is 4.74 Å². The summed E-state index contributed by atoms with van der Waals surface area (Å²) in [5.41, 5.74) is 0. The summed E-state index contributed by atoms with van der Waals surface area (Å²) in [5, 5.41) is 6.28. The zero-order valence-electron chi connectivity index (χ0n) is 5.76. The summed E-state index contributed by atoms with van der Waals surface area (Å²) >= 11 is 0.988. The molecule has 0 spiro atoms. The smallest absolute Gasteiger partial charge is 0.299 e. The highest BCUT2D eigenvalue weighted by molar-refractivity contribution is 7.89. The number of hydrogen-bond acceptors (Lipinski definition) is 5. The lowest BCUT2D eigenvalue weighted by Gasteiger charge is -1.96. The fourth-order valence-corrected chi connectivity index (χ4v) is 2.35. The first-order valence-electron chi connectivity index (χ1n) is 2.76. The number of carbonyl (C=O) groups is 1. The van der Waals surface area contributed by atoms with Crippen molar-refractivity contribution in [2.75, 3.05) is 0 Å². The van der Waals surface area contributed by atoms with E-state index in [0.717, 1.165) is 11.3 Å². The van der Waals surface area contributed by atoms with Crippen LogP contribution in [-0.4, -0.2) is 14.9 Å². The zero-order chi connectivity index (χ0) is 9.19. The number of nitrogens with two attached hydrogens (primary N) is 1. The molecule has 0 amide bonds. The monoisotopic (exact) mass is 207 g/mol. The Balaban J connectivity index is 3.16. The summed E-state index contributed by atoms with van der Waals surface area (Å²) in [6.07, 6.45) is 0. The molecule has 0 bridgehead atoms. The number of thiophene rings is 1. The van der Waals surface area contributed by atoms with Gasteiger partial charge in [0.05, 0.1) is 0 Å². The van der Waals surface area contributed by atoms with Crippen LogP contribution in [0.2, 0.25) is 0 Å². The van der Waals surface area contributed by atoms with Gasteiger partial charge >= 0.3 is 0 Å². The van der Waals surface area contributed by atoms with E-state index in [0.29, 0.717) is 0 Å². The first kappa shape index (κ1) is 9.17. The molecular formula is C5H5NO4S2. The van der Waals surface area contributed by atoms with Crippen molar-refractivity contribution in [3.05, 3.63) is 11.4 Å². The topological polar surface area (TPSA) is 86.5 Å². The SMILES string of the molecule is NS(=O)(=O)c1ccsc1OC=O. The summed E-state index contributed by atoms with van der Waals surface area (Å²) in [5.74, 6) is 0. The van der Waals surface area contributed by atoms with Crippen LogP contribution in [0.4, 0.5) is 0 Å². The summed E-state index contributed by atoms with van der Waals surface area (Å²) in [4.78, 5) is 9.73. The van der Waals surface area contributed by atoms with Crippen LogP contribution in [0.15, 0.2) is 16.3 Å². The summed E-state index contributed by atoms with van der Waals surface area (Å²) < 4.78 is 25.9. The highest BCUT2D eigenvalue weighted by Crippen LogP contribution is 2.28. The molecule has 0 saturated heterocycles. The summed E-state index contributed by atoms with van der Waals surface area (Å²) in [7, 11) is -3.79. The third-order valence-corrected chi connectivity index (χ3v) is 2.92. The summed E-state index contributed by atoms with van der Waals surface area (Å²) in [6.45, 7) is 0.153. The molecule has 0 aliphatic heterocycles. The van der Waals surface area contributed by atoms with Gasteiger partial charge in [-0.3, -0.25) is 4.79 Å². The molecule has 1 aromatic heterocycles. The van der Waals surface area contributed by atoms with E-state index in [-0.39, 0.29) is 16.4 Å². The Labute approximate surface area is 72.8 Å². The van der Waals surface area contributed by atoms with Gasteiger partial charge in [0.15, 0.2) is 0 Å². The van der Waals surface area contributed by atoms with Crippen LogP contribution in [-0.2, 0) is 14.8 Å². The number of carbonyl (C=O) groups excluding carboxylic acids is 1. The van der Waals surface area contributed by atoms with Gasteiger partial charge in [0.25, 0.3) is 6.47 Å². The van der Waals surface area contributed by atoms with Crippen LogP contribution < -0.4 is 9.88 Å².